The van der Waals surface area contributed by atoms with Gasteiger partial charge in [0.1, 0.15) is 0 Å². The molecule has 19 heavy (non-hydrogen) atoms. The lowest BCUT2D eigenvalue weighted by Gasteiger charge is -2.15. The van der Waals surface area contributed by atoms with E-state index < -0.39 is 0 Å². The summed E-state index contributed by atoms with van der Waals surface area (Å²) in [5.74, 6) is 0.734. The molecule has 108 valence electrons. The zero-order chi connectivity index (χ0) is 13.9. The largest absolute Gasteiger partial charge is 0.315 e. The van der Waals surface area contributed by atoms with Crippen LogP contribution in [0.2, 0.25) is 0 Å². The van der Waals surface area contributed by atoms with Crippen molar-refractivity contribution in [2.24, 2.45) is 5.92 Å². The Morgan fingerprint density at radius 2 is 1.68 bits per heavy atom. The first-order valence-electron chi connectivity index (χ1n) is 7.66. The molecule has 1 rings (SSSR count). The Morgan fingerprint density at radius 1 is 0.947 bits per heavy atom. The standard InChI is InChI=1S/C17H30N2/c1-15(2)13-18-14-16(3)19-12-8-7-11-17-9-5-4-6-10-17/h4-6,9-10,15-16,18-19H,7-8,11-14H2,1-3H3. The summed E-state index contributed by atoms with van der Waals surface area (Å²) < 4.78 is 0. The van der Waals surface area contributed by atoms with Crippen molar-refractivity contribution in [3.8, 4) is 0 Å². The molecular formula is C17H30N2. The van der Waals surface area contributed by atoms with E-state index in [1.807, 2.05) is 0 Å². The average Bonchev–Trinajstić information content (AvgIpc) is 2.39. The van der Waals surface area contributed by atoms with Crippen molar-refractivity contribution in [2.75, 3.05) is 19.6 Å². The molecule has 1 atom stereocenters. The second kappa shape index (κ2) is 9.99. The molecule has 0 amide bonds. The second-order valence-electron chi connectivity index (χ2n) is 5.85. The first-order valence-corrected chi connectivity index (χ1v) is 7.66. The normalized spacial score (nSPS) is 12.8. The summed E-state index contributed by atoms with van der Waals surface area (Å²) in [4.78, 5) is 0. The third-order valence-electron chi connectivity index (χ3n) is 3.23. The van der Waals surface area contributed by atoms with Crippen LogP contribution in [-0.4, -0.2) is 25.7 Å². The van der Waals surface area contributed by atoms with Crippen LogP contribution in [0.15, 0.2) is 30.3 Å². The highest BCUT2D eigenvalue weighted by Crippen LogP contribution is 2.03. The molecule has 0 aliphatic heterocycles. The van der Waals surface area contributed by atoms with Crippen molar-refractivity contribution < 1.29 is 0 Å². The van der Waals surface area contributed by atoms with Crippen LogP contribution in [0.5, 0.6) is 0 Å². The van der Waals surface area contributed by atoms with Crippen molar-refractivity contribution in [2.45, 2.75) is 46.1 Å². The molecule has 1 aromatic rings. The van der Waals surface area contributed by atoms with Crippen LogP contribution in [-0.2, 0) is 6.42 Å². The fourth-order valence-corrected chi connectivity index (χ4v) is 2.11. The average molecular weight is 262 g/mol. The molecule has 0 saturated heterocycles. The predicted octanol–water partition coefficient (Wildman–Crippen LogP) is 3.23. The summed E-state index contributed by atoms with van der Waals surface area (Å²) in [6.07, 6.45) is 3.72. The van der Waals surface area contributed by atoms with Crippen molar-refractivity contribution in [3.63, 3.8) is 0 Å². The highest BCUT2D eigenvalue weighted by molar-refractivity contribution is 5.14. The summed E-state index contributed by atoms with van der Waals surface area (Å²) in [6, 6.07) is 11.3. The van der Waals surface area contributed by atoms with Gasteiger partial charge in [0.2, 0.25) is 0 Å². The summed E-state index contributed by atoms with van der Waals surface area (Å²) >= 11 is 0. The van der Waals surface area contributed by atoms with E-state index in [0.717, 1.165) is 25.6 Å². The zero-order valence-electron chi connectivity index (χ0n) is 12.8. The molecule has 2 heteroatoms. The Morgan fingerprint density at radius 3 is 2.37 bits per heavy atom. The molecule has 1 unspecified atom stereocenters. The molecule has 0 radical (unpaired) electrons. The number of unbranched alkanes of at least 4 members (excludes halogenated alkanes) is 1. The lowest BCUT2D eigenvalue weighted by atomic mass is 10.1. The first kappa shape index (κ1) is 16.2. The summed E-state index contributed by atoms with van der Waals surface area (Å²) in [5, 5.41) is 7.07. The molecule has 2 N–H and O–H groups in total. The van der Waals surface area contributed by atoms with Crippen molar-refractivity contribution in [3.05, 3.63) is 35.9 Å². The maximum atomic E-state index is 3.58. The van der Waals surface area contributed by atoms with E-state index in [4.69, 9.17) is 0 Å². The molecule has 0 saturated carbocycles. The Hall–Kier alpha value is -0.860. The van der Waals surface area contributed by atoms with E-state index in [1.165, 1.54) is 24.8 Å². The molecule has 0 aliphatic carbocycles. The van der Waals surface area contributed by atoms with Gasteiger partial charge in [0.05, 0.1) is 0 Å². The van der Waals surface area contributed by atoms with Crippen molar-refractivity contribution >= 4 is 0 Å². The van der Waals surface area contributed by atoms with E-state index in [0.29, 0.717) is 6.04 Å². The SMILES string of the molecule is CC(C)CNCC(C)NCCCCc1ccccc1. The number of benzene rings is 1. The summed E-state index contributed by atoms with van der Waals surface area (Å²) in [6.45, 7) is 10.0. The van der Waals surface area contributed by atoms with Crippen LogP contribution in [0.4, 0.5) is 0 Å². The van der Waals surface area contributed by atoms with E-state index in [2.05, 4.69) is 61.7 Å². The molecule has 0 fully saturated rings. The Bertz CT molecular complexity index is 308. The van der Waals surface area contributed by atoms with E-state index >= 15 is 0 Å². The lowest BCUT2D eigenvalue weighted by Crippen LogP contribution is -2.38. The Labute approximate surface area is 119 Å². The number of rotatable bonds is 10. The first-order chi connectivity index (χ1) is 9.18. The van der Waals surface area contributed by atoms with Gasteiger partial charge in [0, 0.05) is 12.6 Å². The van der Waals surface area contributed by atoms with Crippen molar-refractivity contribution in [1.29, 1.82) is 0 Å². The summed E-state index contributed by atoms with van der Waals surface area (Å²) in [7, 11) is 0. The minimum absolute atomic E-state index is 0.565. The third-order valence-corrected chi connectivity index (χ3v) is 3.23. The van der Waals surface area contributed by atoms with E-state index in [-0.39, 0.29) is 0 Å². The number of aryl methyl sites for hydroxylation is 1. The Kier molecular flexibility index (Phi) is 8.52. The van der Waals surface area contributed by atoms with Crippen LogP contribution in [0.1, 0.15) is 39.2 Å². The van der Waals surface area contributed by atoms with Gasteiger partial charge in [-0.3, -0.25) is 0 Å². The fraction of sp³-hybridized carbons (Fsp3) is 0.647. The molecule has 0 aromatic heterocycles. The molecule has 0 heterocycles. The van der Waals surface area contributed by atoms with Crippen LogP contribution >= 0.6 is 0 Å². The van der Waals surface area contributed by atoms with Crippen molar-refractivity contribution in [1.82, 2.24) is 10.6 Å². The molecule has 2 nitrogen and oxygen atoms in total. The maximum absolute atomic E-state index is 3.58. The van der Waals surface area contributed by atoms with Crippen LogP contribution in [0, 0.1) is 5.92 Å². The number of hydrogen-bond acceptors (Lipinski definition) is 2. The monoisotopic (exact) mass is 262 g/mol. The molecule has 0 aliphatic rings. The summed E-state index contributed by atoms with van der Waals surface area (Å²) in [5.41, 5.74) is 1.45. The van der Waals surface area contributed by atoms with Crippen LogP contribution < -0.4 is 10.6 Å². The van der Waals surface area contributed by atoms with Gasteiger partial charge >= 0.3 is 0 Å². The number of nitrogens with one attached hydrogen (secondary N) is 2. The topological polar surface area (TPSA) is 24.1 Å². The van der Waals surface area contributed by atoms with Gasteiger partial charge in [-0.2, -0.15) is 0 Å². The van der Waals surface area contributed by atoms with Gasteiger partial charge in [0.25, 0.3) is 0 Å². The second-order valence-corrected chi connectivity index (χ2v) is 5.85. The number of hydrogen-bond donors (Lipinski definition) is 2. The minimum Gasteiger partial charge on any atom is -0.315 e. The maximum Gasteiger partial charge on any atom is 0.0164 e. The smallest absolute Gasteiger partial charge is 0.0164 e. The lowest BCUT2D eigenvalue weighted by molar-refractivity contribution is 0.466. The van der Waals surface area contributed by atoms with Crippen LogP contribution in [0.25, 0.3) is 0 Å². The minimum atomic E-state index is 0.565. The molecule has 0 spiro atoms. The van der Waals surface area contributed by atoms with Gasteiger partial charge in [-0.05, 0) is 50.8 Å². The fourth-order valence-electron chi connectivity index (χ4n) is 2.11. The van der Waals surface area contributed by atoms with E-state index in [9.17, 15) is 0 Å². The quantitative estimate of drug-likeness (QED) is 0.633. The molecule has 0 bridgehead atoms. The zero-order valence-corrected chi connectivity index (χ0v) is 12.8. The van der Waals surface area contributed by atoms with Gasteiger partial charge in [-0.1, -0.05) is 44.2 Å². The highest BCUT2D eigenvalue weighted by atomic mass is 15.0. The molecular weight excluding hydrogens is 232 g/mol. The highest BCUT2D eigenvalue weighted by Gasteiger charge is 2.01. The van der Waals surface area contributed by atoms with Gasteiger partial charge < -0.3 is 10.6 Å². The molecule has 1 aromatic carbocycles. The van der Waals surface area contributed by atoms with Gasteiger partial charge in [-0.25, -0.2) is 0 Å². The third kappa shape index (κ3) is 8.79. The van der Waals surface area contributed by atoms with Gasteiger partial charge in [-0.15, -0.1) is 0 Å². The predicted molar refractivity (Wildman–Crippen MR) is 84.6 cm³/mol. The van der Waals surface area contributed by atoms with Gasteiger partial charge in [0.15, 0.2) is 0 Å². The Balaban J connectivity index is 1.95. The van der Waals surface area contributed by atoms with Crippen LogP contribution in [0.3, 0.4) is 0 Å². The van der Waals surface area contributed by atoms with E-state index in [1.54, 1.807) is 0 Å².